The number of carbonyl (C=O) groups is 3. The SMILES string of the molecule is CCNC(=O)NC(=O)C(OC(=O)CN1c2cccc3cccc(c23)S1(=O)=O)c1ccccc1. The van der Waals surface area contributed by atoms with Crippen LogP contribution < -0.4 is 14.9 Å². The summed E-state index contributed by atoms with van der Waals surface area (Å²) in [6.45, 7) is 1.36. The van der Waals surface area contributed by atoms with Crippen molar-refractivity contribution in [2.45, 2.75) is 17.9 Å². The Morgan fingerprint density at radius 2 is 1.67 bits per heavy atom. The minimum absolute atomic E-state index is 0.108. The number of carbonyl (C=O) groups excluding carboxylic acids is 3. The number of sulfonamides is 1. The van der Waals surface area contributed by atoms with E-state index in [1.165, 1.54) is 6.07 Å². The molecule has 10 heteroatoms. The first-order valence-electron chi connectivity index (χ1n) is 10.2. The van der Waals surface area contributed by atoms with E-state index in [-0.39, 0.29) is 4.90 Å². The number of ether oxygens (including phenoxy) is 1. The Hall–Kier alpha value is -3.92. The van der Waals surface area contributed by atoms with E-state index in [0.29, 0.717) is 23.2 Å². The van der Waals surface area contributed by atoms with E-state index < -0.39 is 40.6 Å². The molecule has 0 fully saturated rings. The number of amides is 3. The number of imide groups is 1. The molecule has 4 rings (SSSR count). The van der Waals surface area contributed by atoms with E-state index in [0.717, 1.165) is 9.69 Å². The molecule has 0 bridgehead atoms. The highest BCUT2D eigenvalue weighted by molar-refractivity contribution is 7.93. The van der Waals surface area contributed by atoms with Crippen LogP contribution in [0.1, 0.15) is 18.6 Å². The van der Waals surface area contributed by atoms with E-state index >= 15 is 0 Å². The van der Waals surface area contributed by atoms with Crippen molar-refractivity contribution in [3.8, 4) is 0 Å². The predicted octanol–water partition coefficient (Wildman–Crippen LogP) is 2.48. The molecule has 0 saturated heterocycles. The summed E-state index contributed by atoms with van der Waals surface area (Å²) in [6, 6.07) is 17.4. The van der Waals surface area contributed by atoms with Crippen LogP contribution in [0.15, 0.2) is 71.6 Å². The number of hydrogen-bond acceptors (Lipinski definition) is 6. The normalized spacial score (nSPS) is 14.5. The van der Waals surface area contributed by atoms with Gasteiger partial charge in [0.2, 0.25) is 6.10 Å². The van der Waals surface area contributed by atoms with Crippen LogP contribution in [0.4, 0.5) is 10.5 Å². The van der Waals surface area contributed by atoms with Gasteiger partial charge in [0, 0.05) is 17.5 Å². The van der Waals surface area contributed by atoms with Crippen molar-refractivity contribution in [2.75, 3.05) is 17.4 Å². The smallest absolute Gasteiger partial charge is 0.327 e. The minimum Gasteiger partial charge on any atom is -0.446 e. The van der Waals surface area contributed by atoms with Gasteiger partial charge in [-0.2, -0.15) is 0 Å². The molecule has 33 heavy (non-hydrogen) atoms. The molecular formula is C23H21N3O6S. The van der Waals surface area contributed by atoms with Crippen molar-refractivity contribution in [3.63, 3.8) is 0 Å². The fraction of sp³-hybridized carbons (Fsp3) is 0.174. The van der Waals surface area contributed by atoms with Gasteiger partial charge >= 0.3 is 12.0 Å². The van der Waals surface area contributed by atoms with E-state index in [1.54, 1.807) is 67.6 Å². The molecular weight excluding hydrogens is 446 g/mol. The minimum atomic E-state index is -3.97. The van der Waals surface area contributed by atoms with Crippen molar-refractivity contribution in [1.29, 1.82) is 0 Å². The largest absolute Gasteiger partial charge is 0.446 e. The van der Waals surface area contributed by atoms with Crippen LogP contribution >= 0.6 is 0 Å². The number of anilines is 1. The third-order valence-electron chi connectivity index (χ3n) is 5.12. The molecule has 2 N–H and O–H groups in total. The zero-order chi connectivity index (χ0) is 23.6. The van der Waals surface area contributed by atoms with Gasteiger partial charge in [-0.15, -0.1) is 0 Å². The summed E-state index contributed by atoms with van der Waals surface area (Å²) < 4.78 is 32.5. The van der Waals surface area contributed by atoms with Gasteiger partial charge in [-0.1, -0.05) is 54.6 Å². The predicted molar refractivity (Wildman–Crippen MR) is 121 cm³/mol. The van der Waals surface area contributed by atoms with Crippen LogP contribution in [-0.4, -0.2) is 39.4 Å². The lowest BCUT2D eigenvalue weighted by Gasteiger charge is -2.21. The molecule has 1 heterocycles. The molecule has 1 unspecified atom stereocenters. The highest BCUT2D eigenvalue weighted by Crippen LogP contribution is 2.41. The van der Waals surface area contributed by atoms with Crippen LogP contribution in [0, 0.1) is 0 Å². The topological polar surface area (TPSA) is 122 Å². The van der Waals surface area contributed by atoms with E-state index in [1.807, 2.05) is 0 Å². The first kappa shape index (κ1) is 22.3. The molecule has 1 aliphatic rings. The number of nitrogens with one attached hydrogen (secondary N) is 2. The third kappa shape index (κ3) is 4.24. The second-order valence-corrected chi connectivity index (χ2v) is 9.10. The van der Waals surface area contributed by atoms with Crippen molar-refractivity contribution in [2.24, 2.45) is 0 Å². The van der Waals surface area contributed by atoms with Crippen molar-refractivity contribution in [1.82, 2.24) is 10.6 Å². The number of rotatable bonds is 6. The van der Waals surface area contributed by atoms with E-state index in [2.05, 4.69) is 10.6 Å². The first-order valence-corrected chi connectivity index (χ1v) is 11.6. The fourth-order valence-corrected chi connectivity index (χ4v) is 5.35. The zero-order valence-corrected chi connectivity index (χ0v) is 18.5. The van der Waals surface area contributed by atoms with E-state index in [4.69, 9.17) is 4.74 Å². The van der Waals surface area contributed by atoms with Gasteiger partial charge in [-0.05, 0) is 24.4 Å². The van der Waals surface area contributed by atoms with E-state index in [9.17, 15) is 22.8 Å². The molecule has 3 aromatic carbocycles. The summed E-state index contributed by atoms with van der Waals surface area (Å²) in [5.41, 5.74) is 0.699. The van der Waals surface area contributed by atoms with Crippen LogP contribution in [-0.2, 0) is 24.3 Å². The molecule has 0 aliphatic carbocycles. The molecule has 1 aliphatic heterocycles. The summed E-state index contributed by atoms with van der Waals surface area (Å²) in [6.07, 6.45) is -1.44. The fourth-order valence-electron chi connectivity index (χ4n) is 3.70. The van der Waals surface area contributed by atoms with Crippen molar-refractivity contribution in [3.05, 3.63) is 72.3 Å². The highest BCUT2D eigenvalue weighted by Gasteiger charge is 2.38. The molecule has 170 valence electrons. The van der Waals surface area contributed by atoms with Gasteiger partial charge in [0.25, 0.3) is 15.9 Å². The van der Waals surface area contributed by atoms with Crippen LogP contribution in [0.25, 0.3) is 10.8 Å². The Morgan fingerprint density at radius 1 is 0.970 bits per heavy atom. The number of nitrogens with zero attached hydrogens (tertiary/aromatic N) is 1. The third-order valence-corrected chi connectivity index (χ3v) is 6.92. The first-order chi connectivity index (χ1) is 15.8. The van der Waals surface area contributed by atoms with Gasteiger partial charge in [0.05, 0.1) is 10.6 Å². The Kier molecular flexibility index (Phi) is 6.01. The van der Waals surface area contributed by atoms with Gasteiger partial charge in [0.15, 0.2) is 0 Å². The monoisotopic (exact) mass is 467 g/mol. The van der Waals surface area contributed by atoms with Crippen LogP contribution in [0.3, 0.4) is 0 Å². The molecule has 9 nitrogen and oxygen atoms in total. The molecule has 0 radical (unpaired) electrons. The van der Waals surface area contributed by atoms with Gasteiger partial charge in [-0.3, -0.25) is 19.2 Å². The zero-order valence-electron chi connectivity index (χ0n) is 17.6. The number of urea groups is 1. The lowest BCUT2D eigenvalue weighted by molar-refractivity contribution is -0.154. The lowest BCUT2D eigenvalue weighted by atomic mass is 10.1. The summed E-state index contributed by atoms with van der Waals surface area (Å²) >= 11 is 0. The molecule has 0 saturated carbocycles. The maximum Gasteiger partial charge on any atom is 0.327 e. The summed E-state index contributed by atoms with van der Waals surface area (Å²) in [4.78, 5) is 37.4. The summed E-state index contributed by atoms with van der Waals surface area (Å²) in [5, 5.41) is 5.81. The summed E-state index contributed by atoms with van der Waals surface area (Å²) in [7, 11) is -3.97. The highest BCUT2D eigenvalue weighted by atomic mass is 32.2. The maximum atomic E-state index is 13.1. The molecule has 1 atom stereocenters. The maximum absolute atomic E-state index is 13.1. The lowest BCUT2D eigenvalue weighted by Crippen LogP contribution is -2.43. The number of benzene rings is 3. The second-order valence-electron chi connectivity index (χ2n) is 7.27. The van der Waals surface area contributed by atoms with Crippen molar-refractivity contribution < 1.29 is 27.5 Å². The van der Waals surface area contributed by atoms with Gasteiger partial charge < -0.3 is 10.1 Å². The molecule has 0 aromatic heterocycles. The van der Waals surface area contributed by atoms with Gasteiger partial charge in [-0.25, -0.2) is 13.2 Å². The molecule has 3 amide bonds. The Bertz CT molecular complexity index is 1340. The number of esters is 1. The molecule has 3 aromatic rings. The molecule has 0 spiro atoms. The van der Waals surface area contributed by atoms with Crippen molar-refractivity contribution >= 4 is 44.4 Å². The summed E-state index contributed by atoms with van der Waals surface area (Å²) in [5.74, 6) is -1.79. The quantitative estimate of drug-likeness (QED) is 0.537. The standard InChI is InChI=1S/C23H21N3O6S/c1-2-24-23(29)25-22(28)21(16-8-4-3-5-9-16)32-19(27)14-26-17-12-6-10-15-11-7-13-18(20(15)17)33(26,30)31/h3-13,21H,2,14H2,1H3,(H2,24,25,28,29). The van der Waals surface area contributed by atoms with Gasteiger partial charge in [0.1, 0.15) is 6.54 Å². The second kappa shape index (κ2) is 8.91. The Morgan fingerprint density at radius 3 is 2.36 bits per heavy atom. The average molecular weight is 468 g/mol. The Balaban J connectivity index is 1.59. The van der Waals surface area contributed by atoms with Crippen LogP contribution in [0.5, 0.6) is 0 Å². The van der Waals surface area contributed by atoms with Crippen LogP contribution in [0.2, 0.25) is 0 Å². The Labute approximate surface area is 190 Å². The average Bonchev–Trinajstić information content (AvgIpc) is 3.01. The number of hydrogen-bond donors (Lipinski definition) is 2.